The van der Waals surface area contributed by atoms with Crippen molar-refractivity contribution in [3.05, 3.63) is 75.9 Å². The highest BCUT2D eigenvalue weighted by Crippen LogP contribution is 2.27. The number of para-hydroxylation sites is 1. The zero-order valence-corrected chi connectivity index (χ0v) is 16.5. The highest BCUT2D eigenvalue weighted by molar-refractivity contribution is 7.98. The monoisotopic (exact) mass is 408 g/mol. The van der Waals surface area contributed by atoms with Crippen LogP contribution in [0.2, 0.25) is 0 Å². The highest BCUT2D eigenvalue weighted by atomic mass is 32.2. The molecule has 0 spiro atoms. The topological polar surface area (TPSA) is 113 Å². The van der Waals surface area contributed by atoms with Gasteiger partial charge in [-0.15, -0.1) is 20.4 Å². The number of aryl methyl sites for hydroxylation is 2. The Kier molecular flexibility index (Phi) is 5.09. The molecular formula is C19H16N6O3S. The van der Waals surface area contributed by atoms with Gasteiger partial charge in [-0.05, 0) is 37.6 Å². The van der Waals surface area contributed by atoms with Crippen molar-refractivity contribution >= 4 is 17.4 Å². The Balaban J connectivity index is 1.51. The molecular weight excluding hydrogens is 392 g/mol. The van der Waals surface area contributed by atoms with Crippen molar-refractivity contribution in [2.45, 2.75) is 24.8 Å². The molecule has 0 saturated carbocycles. The lowest BCUT2D eigenvalue weighted by molar-refractivity contribution is -0.384. The van der Waals surface area contributed by atoms with Gasteiger partial charge < -0.3 is 4.42 Å². The number of hydrogen-bond donors (Lipinski definition) is 0. The molecule has 0 N–H and O–H groups in total. The van der Waals surface area contributed by atoms with Crippen LogP contribution in [-0.4, -0.2) is 29.9 Å². The minimum Gasteiger partial charge on any atom is -0.420 e. The fraction of sp³-hybridized carbons (Fsp3) is 0.158. The molecule has 0 radical (unpaired) electrons. The molecule has 2 aromatic heterocycles. The first-order chi connectivity index (χ1) is 14.0. The van der Waals surface area contributed by atoms with Gasteiger partial charge in [0.1, 0.15) is 5.82 Å². The predicted molar refractivity (Wildman–Crippen MR) is 107 cm³/mol. The van der Waals surface area contributed by atoms with Crippen LogP contribution in [0.15, 0.2) is 58.1 Å². The molecule has 0 unspecified atom stereocenters. The molecule has 0 aliphatic carbocycles. The third-order valence-electron chi connectivity index (χ3n) is 4.27. The Bertz CT molecular complexity index is 1170. The highest BCUT2D eigenvalue weighted by Gasteiger charge is 2.16. The van der Waals surface area contributed by atoms with Crippen LogP contribution in [-0.2, 0) is 5.75 Å². The number of rotatable bonds is 6. The van der Waals surface area contributed by atoms with Gasteiger partial charge in [0, 0.05) is 17.7 Å². The summed E-state index contributed by atoms with van der Waals surface area (Å²) in [6, 6.07) is 14.0. The van der Waals surface area contributed by atoms with Gasteiger partial charge in [0.05, 0.1) is 16.4 Å². The van der Waals surface area contributed by atoms with Crippen molar-refractivity contribution in [3.8, 4) is 17.1 Å². The quantitative estimate of drug-likeness (QED) is 0.266. The first-order valence-corrected chi connectivity index (χ1v) is 9.69. The van der Waals surface area contributed by atoms with Crippen LogP contribution >= 0.6 is 11.8 Å². The van der Waals surface area contributed by atoms with Gasteiger partial charge in [-0.2, -0.15) is 0 Å². The molecule has 0 aliphatic rings. The van der Waals surface area contributed by atoms with Gasteiger partial charge in [0.15, 0.2) is 5.16 Å². The van der Waals surface area contributed by atoms with Crippen LogP contribution in [0.3, 0.4) is 0 Å². The summed E-state index contributed by atoms with van der Waals surface area (Å²) < 4.78 is 7.69. The van der Waals surface area contributed by atoms with E-state index in [-0.39, 0.29) is 5.69 Å². The number of non-ortho nitro benzene ring substituents is 1. The number of nitro benzene ring substituents is 1. The zero-order chi connectivity index (χ0) is 20.4. The van der Waals surface area contributed by atoms with Crippen LogP contribution < -0.4 is 0 Å². The Morgan fingerprint density at radius 3 is 2.52 bits per heavy atom. The first kappa shape index (κ1) is 18.8. The largest absolute Gasteiger partial charge is 0.420 e. The van der Waals surface area contributed by atoms with E-state index in [1.54, 1.807) is 12.1 Å². The molecule has 4 aromatic rings. The van der Waals surface area contributed by atoms with Gasteiger partial charge in [-0.1, -0.05) is 30.0 Å². The number of aromatic nitrogens is 5. The summed E-state index contributed by atoms with van der Waals surface area (Å²) >= 11 is 1.44. The number of hydrogen-bond acceptors (Lipinski definition) is 8. The molecule has 10 heteroatoms. The maximum Gasteiger partial charge on any atom is 0.269 e. The van der Waals surface area contributed by atoms with E-state index in [9.17, 15) is 10.1 Å². The van der Waals surface area contributed by atoms with Gasteiger partial charge in [-0.25, -0.2) is 0 Å². The minimum atomic E-state index is -0.452. The summed E-state index contributed by atoms with van der Waals surface area (Å²) in [5.41, 5.74) is 2.78. The van der Waals surface area contributed by atoms with E-state index in [1.807, 2.05) is 42.7 Å². The van der Waals surface area contributed by atoms with E-state index in [1.165, 1.54) is 23.9 Å². The summed E-state index contributed by atoms with van der Waals surface area (Å²) in [6.45, 7) is 3.95. The summed E-state index contributed by atoms with van der Waals surface area (Å²) in [5.74, 6) is 1.95. The van der Waals surface area contributed by atoms with Crippen molar-refractivity contribution in [3.63, 3.8) is 0 Å². The standard InChI is InChI=1S/C19H16N6O3S/c1-12-5-3-4-6-16(12)24-13(2)20-23-19(24)29-11-17-21-22-18(28-17)14-7-9-15(10-8-14)25(26)27/h3-10H,11H2,1-2H3. The van der Waals surface area contributed by atoms with E-state index in [0.29, 0.717) is 23.1 Å². The maximum atomic E-state index is 10.8. The van der Waals surface area contributed by atoms with Crippen LogP contribution in [0.4, 0.5) is 5.69 Å². The zero-order valence-electron chi connectivity index (χ0n) is 15.6. The van der Waals surface area contributed by atoms with Crippen LogP contribution in [0, 0.1) is 24.0 Å². The lowest BCUT2D eigenvalue weighted by Crippen LogP contribution is -2.01. The lowest BCUT2D eigenvalue weighted by atomic mass is 10.2. The Labute approximate surface area is 170 Å². The van der Waals surface area contributed by atoms with Crippen LogP contribution in [0.1, 0.15) is 17.3 Å². The Morgan fingerprint density at radius 1 is 1.03 bits per heavy atom. The van der Waals surface area contributed by atoms with E-state index in [4.69, 9.17) is 4.42 Å². The smallest absolute Gasteiger partial charge is 0.269 e. The van der Waals surface area contributed by atoms with E-state index in [2.05, 4.69) is 20.4 Å². The van der Waals surface area contributed by atoms with Gasteiger partial charge in [0.25, 0.3) is 5.69 Å². The molecule has 0 bridgehead atoms. The summed E-state index contributed by atoms with van der Waals surface area (Å²) in [5, 5.41) is 28.0. The van der Waals surface area contributed by atoms with Crippen molar-refractivity contribution in [1.29, 1.82) is 0 Å². The molecule has 4 rings (SSSR count). The molecule has 2 heterocycles. The predicted octanol–water partition coefficient (Wildman–Crippen LogP) is 4.13. The molecule has 29 heavy (non-hydrogen) atoms. The van der Waals surface area contributed by atoms with Gasteiger partial charge >= 0.3 is 0 Å². The van der Waals surface area contributed by atoms with E-state index >= 15 is 0 Å². The summed E-state index contributed by atoms with van der Waals surface area (Å²) in [6.07, 6.45) is 0. The molecule has 2 aromatic carbocycles. The lowest BCUT2D eigenvalue weighted by Gasteiger charge is -2.10. The summed E-state index contributed by atoms with van der Waals surface area (Å²) in [7, 11) is 0. The molecule has 0 amide bonds. The second kappa shape index (κ2) is 7.84. The van der Waals surface area contributed by atoms with Crippen LogP contribution in [0.25, 0.3) is 17.1 Å². The average Bonchev–Trinajstić information content (AvgIpc) is 3.34. The Hall–Kier alpha value is -3.53. The molecule has 146 valence electrons. The molecule has 0 saturated heterocycles. The minimum absolute atomic E-state index is 0.00922. The number of nitrogens with zero attached hydrogens (tertiary/aromatic N) is 6. The summed E-state index contributed by atoms with van der Waals surface area (Å²) in [4.78, 5) is 10.3. The fourth-order valence-electron chi connectivity index (χ4n) is 2.81. The van der Waals surface area contributed by atoms with E-state index < -0.39 is 4.92 Å². The van der Waals surface area contributed by atoms with Crippen LogP contribution in [0.5, 0.6) is 0 Å². The SMILES string of the molecule is Cc1ccccc1-n1c(C)nnc1SCc1nnc(-c2ccc([N+](=O)[O-])cc2)o1. The van der Waals surface area contributed by atoms with Crippen molar-refractivity contribution < 1.29 is 9.34 Å². The number of benzene rings is 2. The molecule has 0 fully saturated rings. The molecule has 9 nitrogen and oxygen atoms in total. The van der Waals surface area contributed by atoms with E-state index in [0.717, 1.165) is 22.2 Å². The number of nitro groups is 1. The van der Waals surface area contributed by atoms with Crippen molar-refractivity contribution in [2.75, 3.05) is 0 Å². The third-order valence-corrected chi connectivity index (χ3v) is 5.18. The second-order valence-corrected chi connectivity index (χ2v) is 7.19. The number of thioether (sulfide) groups is 1. The molecule has 0 atom stereocenters. The normalized spacial score (nSPS) is 11.0. The van der Waals surface area contributed by atoms with Gasteiger partial charge in [0.2, 0.25) is 11.8 Å². The first-order valence-electron chi connectivity index (χ1n) is 8.71. The maximum absolute atomic E-state index is 10.8. The average molecular weight is 408 g/mol. The van der Waals surface area contributed by atoms with Crippen molar-refractivity contribution in [2.24, 2.45) is 0 Å². The molecule has 0 aliphatic heterocycles. The second-order valence-electron chi connectivity index (χ2n) is 6.25. The third kappa shape index (κ3) is 3.87. The fourth-order valence-corrected chi connectivity index (χ4v) is 3.64. The van der Waals surface area contributed by atoms with Crippen molar-refractivity contribution in [1.82, 2.24) is 25.0 Å². The Morgan fingerprint density at radius 2 is 1.79 bits per heavy atom. The van der Waals surface area contributed by atoms with Gasteiger partial charge in [-0.3, -0.25) is 14.7 Å².